The summed E-state index contributed by atoms with van der Waals surface area (Å²) in [4.78, 5) is 0. The van der Waals surface area contributed by atoms with Crippen molar-refractivity contribution in [1.82, 2.24) is 4.74 Å². The van der Waals surface area contributed by atoms with Crippen LogP contribution >= 0.6 is 12.2 Å². The number of hydrogen-bond acceptors (Lipinski definition) is 2. The predicted octanol–water partition coefficient (Wildman–Crippen LogP) is 3.17. The summed E-state index contributed by atoms with van der Waals surface area (Å²) >= 11 is 5.14. The molecule has 2 aromatic rings. The quantitative estimate of drug-likeness (QED) is 0.701. The molecule has 1 heterocycles. The van der Waals surface area contributed by atoms with Gasteiger partial charge in [-0.2, -0.15) is 4.74 Å². The van der Waals surface area contributed by atoms with Crippen LogP contribution in [0.5, 0.6) is 0 Å². The van der Waals surface area contributed by atoms with E-state index in [0.717, 1.165) is 10.4 Å². The lowest BCUT2D eigenvalue weighted by molar-refractivity contribution is 0.268. The summed E-state index contributed by atoms with van der Waals surface area (Å²) in [5.41, 5.74) is 1.19. The van der Waals surface area contributed by atoms with E-state index in [1.54, 1.807) is 4.74 Å². The second kappa shape index (κ2) is 3.80. The highest BCUT2D eigenvalue weighted by Crippen LogP contribution is 2.07. The van der Waals surface area contributed by atoms with Crippen molar-refractivity contribution in [2.24, 2.45) is 0 Å². The molecule has 0 aliphatic carbocycles. The molecule has 0 N–H and O–H groups in total. The van der Waals surface area contributed by atoms with E-state index < -0.39 is 0 Å². The van der Waals surface area contributed by atoms with Crippen LogP contribution in [0, 0.1) is 11.6 Å². The Morgan fingerprint density at radius 1 is 1.29 bits per heavy atom. The molecule has 3 heteroatoms. The van der Waals surface area contributed by atoms with Gasteiger partial charge in [0.1, 0.15) is 10.4 Å². The number of hydrogen-bond donors (Lipinski definition) is 0. The fourth-order valence-corrected chi connectivity index (χ4v) is 1.62. The molecule has 0 amide bonds. The van der Waals surface area contributed by atoms with E-state index in [1.165, 1.54) is 5.56 Å². The van der Waals surface area contributed by atoms with Crippen molar-refractivity contribution < 1.29 is 4.52 Å². The topological polar surface area (TPSA) is 18.1 Å². The maximum absolute atomic E-state index is 5.43. The zero-order valence-corrected chi connectivity index (χ0v) is 8.75. The first-order valence-corrected chi connectivity index (χ1v) is 4.88. The van der Waals surface area contributed by atoms with Crippen LogP contribution in [-0.2, 0) is 6.54 Å². The Balaban J connectivity index is 2.28. The van der Waals surface area contributed by atoms with Crippen molar-refractivity contribution in [1.29, 1.82) is 0 Å². The highest BCUT2D eigenvalue weighted by Gasteiger charge is 1.99. The summed E-state index contributed by atoms with van der Waals surface area (Å²) in [7, 11) is 0. The van der Waals surface area contributed by atoms with E-state index in [0.29, 0.717) is 6.54 Å². The van der Waals surface area contributed by atoms with E-state index in [1.807, 2.05) is 31.2 Å². The maximum Gasteiger partial charge on any atom is 0.141 e. The molecule has 0 aliphatic rings. The molecular weight excluding hydrogens is 194 g/mol. The molecule has 0 spiro atoms. The Morgan fingerprint density at radius 2 is 2.00 bits per heavy atom. The first-order valence-electron chi connectivity index (χ1n) is 4.47. The second-order valence-electron chi connectivity index (χ2n) is 3.21. The normalized spacial score (nSPS) is 10.4. The first-order chi connectivity index (χ1) is 6.75. The summed E-state index contributed by atoms with van der Waals surface area (Å²) < 4.78 is 7.89. The molecule has 0 saturated carbocycles. The van der Waals surface area contributed by atoms with Gasteiger partial charge in [0.25, 0.3) is 0 Å². The van der Waals surface area contributed by atoms with Gasteiger partial charge in [0.15, 0.2) is 0 Å². The maximum atomic E-state index is 5.43. The molecule has 14 heavy (non-hydrogen) atoms. The van der Waals surface area contributed by atoms with Gasteiger partial charge in [-0.1, -0.05) is 42.5 Å². The van der Waals surface area contributed by atoms with E-state index in [4.69, 9.17) is 16.7 Å². The largest absolute Gasteiger partial charge is 0.383 e. The van der Waals surface area contributed by atoms with Crippen molar-refractivity contribution in [2.75, 3.05) is 0 Å². The van der Waals surface area contributed by atoms with Gasteiger partial charge in [-0.05, 0) is 12.5 Å². The molecule has 1 aromatic carbocycles. The van der Waals surface area contributed by atoms with Crippen LogP contribution in [0.2, 0.25) is 0 Å². The minimum absolute atomic E-state index is 0.702. The molecule has 2 rings (SSSR count). The highest BCUT2D eigenvalue weighted by molar-refractivity contribution is 7.71. The molecule has 0 unspecified atom stereocenters. The first kappa shape index (κ1) is 9.21. The third-order valence-corrected chi connectivity index (χ3v) is 2.32. The SMILES string of the molecule is Cc1cc(=S)n(Cc2ccccc2)o1. The van der Waals surface area contributed by atoms with Crippen LogP contribution in [0.25, 0.3) is 0 Å². The Labute approximate surface area is 87.8 Å². The Morgan fingerprint density at radius 3 is 2.57 bits per heavy atom. The van der Waals surface area contributed by atoms with Crippen molar-refractivity contribution in [3.8, 4) is 0 Å². The van der Waals surface area contributed by atoms with Gasteiger partial charge in [0.2, 0.25) is 0 Å². The summed E-state index contributed by atoms with van der Waals surface area (Å²) in [5.74, 6) is 0.853. The molecule has 0 radical (unpaired) electrons. The van der Waals surface area contributed by atoms with Gasteiger partial charge >= 0.3 is 0 Å². The zero-order chi connectivity index (χ0) is 9.97. The third kappa shape index (κ3) is 1.93. The van der Waals surface area contributed by atoms with Crippen LogP contribution in [0.4, 0.5) is 0 Å². The van der Waals surface area contributed by atoms with E-state index in [9.17, 15) is 0 Å². The standard InChI is InChI=1S/C11H11NOS/c1-9-7-11(14)12(13-9)8-10-5-3-2-4-6-10/h2-7H,8H2,1H3. The fraction of sp³-hybridized carbons (Fsp3) is 0.182. The summed E-state index contributed by atoms with van der Waals surface area (Å²) in [6.07, 6.45) is 0. The lowest BCUT2D eigenvalue weighted by atomic mass is 10.2. The Kier molecular flexibility index (Phi) is 2.50. The third-order valence-electron chi connectivity index (χ3n) is 2.00. The number of aromatic nitrogens is 1. The van der Waals surface area contributed by atoms with Gasteiger partial charge in [-0.25, -0.2) is 0 Å². The molecule has 2 nitrogen and oxygen atoms in total. The van der Waals surface area contributed by atoms with E-state index >= 15 is 0 Å². The minimum Gasteiger partial charge on any atom is -0.383 e. The van der Waals surface area contributed by atoms with Crippen LogP contribution in [0.1, 0.15) is 11.3 Å². The van der Waals surface area contributed by atoms with Gasteiger partial charge < -0.3 is 4.52 Å². The van der Waals surface area contributed by atoms with Gasteiger partial charge in [-0.15, -0.1) is 0 Å². The lowest BCUT2D eigenvalue weighted by Gasteiger charge is -2.00. The Hall–Kier alpha value is -1.35. The summed E-state index contributed by atoms with van der Waals surface area (Å²) in [6, 6.07) is 12.0. The van der Waals surface area contributed by atoms with Gasteiger partial charge in [-0.3, -0.25) is 0 Å². The molecule has 1 aromatic heterocycles. The van der Waals surface area contributed by atoms with Crippen LogP contribution in [0.15, 0.2) is 40.9 Å². The van der Waals surface area contributed by atoms with Crippen LogP contribution < -0.4 is 0 Å². The number of aryl methyl sites for hydroxylation is 1. The number of rotatable bonds is 2. The fourth-order valence-electron chi connectivity index (χ4n) is 1.35. The molecule has 0 bridgehead atoms. The van der Waals surface area contributed by atoms with Gasteiger partial charge in [0, 0.05) is 6.07 Å². The number of nitrogens with zero attached hydrogens (tertiary/aromatic N) is 1. The highest BCUT2D eigenvalue weighted by atomic mass is 32.1. The molecule has 0 atom stereocenters. The van der Waals surface area contributed by atoms with Crippen molar-refractivity contribution >= 4 is 12.2 Å². The average molecular weight is 205 g/mol. The monoisotopic (exact) mass is 205 g/mol. The predicted molar refractivity (Wildman–Crippen MR) is 57.8 cm³/mol. The second-order valence-corrected chi connectivity index (χ2v) is 3.63. The van der Waals surface area contributed by atoms with Crippen molar-refractivity contribution in [2.45, 2.75) is 13.5 Å². The lowest BCUT2D eigenvalue weighted by Crippen LogP contribution is -1.96. The van der Waals surface area contributed by atoms with Crippen molar-refractivity contribution in [3.05, 3.63) is 52.4 Å². The molecule has 0 fully saturated rings. The summed E-state index contributed by atoms with van der Waals surface area (Å²) in [5, 5.41) is 0. The zero-order valence-electron chi connectivity index (χ0n) is 7.93. The minimum atomic E-state index is 0.702. The smallest absolute Gasteiger partial charge is 0.141 e. The van der Waals surface area contributed by atoms with Crippen molar-refractivity contribution in [3.63, 3.8) is 0 Å². The molecule has 72 valence electrons. The van der Waals surface area contributed by atoms with Crippen LogP contribution in [-0.4, -0.2) is 4.74 Å². The molecular formula is C11H11NOS. The van der Waals surface area contributed by atoms with E-state index in [2.05, 4.69) is 12.1 Å². The Bertz CT molecular complexity index is 470. The average Bonchev–Trinajstić information content (AvgIpc) is 2.47. The van der Waals surface area contributed by atoms with E-state index in [-0.39, 0.29) is 0 Å². The summed E-state index contributed by atoms with van der Waals surface area (Å²) in [6.45, 7) is 2.60. The molecule has 0 aliphatic heterocycles. The van der Waals surface area contributed by atoms with Crippen LogP contribution in [0.3, 0.4) is 0 Å². The van der Waals surface area contributed by atoms with Gasteiger partial charge in [0.05, 0.1) is 6.54 Å². The number of benzene rings is 1. The molecule has 0 saturated heterocycles.